The van der Waals surface area contributed by atoms with E-state index in [1.807, 2.05) is 0 Å². The largest absolute Gasteiger partial charge is 0.449 e. The molecular formula is C15H22N2O5S. The average Bonchev–Trinajstić information content (AvgIpc) is 2.48. The minimum absolute atomic E-state index is 0.0439. The number of nitrogens with zero attached hydrogens (tertiary/aromatic N) is 1. The highest BCUT2D eigenvalue weighted by atomic mass is 32.2. The number of nitrogens with two attached hydrogens (primary N) is 1. The normalized spacial score (nSPS) is 12.9. The van der Waals surface area contributed by atoms with Crippen molar-refractivity contribution in [3.05, 3.63) is 29.3 Å². The molecule has 1 amide bonds. The first kappa shape index (κ1) is 19.1. The summed E-state index contributed by atoms with van der Waals surface area (Å²) in [5, 5.41) is 0. The zero-order valence-electron chi connectivity index (χ0n) is 13.7. The van der Waals surface area contributed by atoms with Crippen LogP contribution in [0.15, 0.2) is 23.1 Å². The molecule has 1 unspecified atom stereocenters. The van der Waals surface area contributed by atoms with Gasteiger partial charge < -0.3 is 10.5 Å². The number of primary amides is 1. The molecule has 1 atom stereocenters. The number of aryl methyl sites for hydroxylation is 1. The van der Waals surface area contributed by atoms with Crippen LogP contribution < -0.4 is 5.73 Å². The Balaban J connectivity index is 3.23. The maximum Gasteiger partial charge on any atom is 0.338 e. The van der Waals surface area contributed by atoms with Crippen molar-refractivity contribution in [2.45, 2.75) is 38.7 Å². The first-order chi connectivity index (χ1) is 10.6. The molecule has 0 aromatic heterocycles. The van der Waals surface area contributed by atoms with E-state index >= 15 is 0 Å². The van der Waals surface area contributed by atoms with Crippen LogP contribution in [0.3, 0.4) is 0 Å². The van der Waals surface area contributed by atoms with Crippen LogP contribution in [0.5, 0.6) is 0 Å². The van der Waals surface area contributed by atoms with E-state index in [4.69, 9.17) is 10.5 Å². The van der Waals surface area contributed by atoms with Gasteiger partial charge in [0.25, 0.3) is 5.91 Å². The molecule has 0 radical (unpaired) electrons. The maximum atomic E-state index is 12.6. The van der Waals surface area contributed by atoms with Gasteiger partial charge in [-0.05, 0) is 31.5 Å². The number of hydrogen-bond acceptors (Lipinski definition) is 5. The molecule has 0 fully saturated rings. The van der Waals surface area contributed by atoms with Crippen molar-refractivity contribution in [3.63, 3.8) is 0 Å². The Kier molecular flexibility index (Phi) is 6.28. The van der Waals surface area contributed by atoms with Crippen LogP contribution in [0.4, 0.5) is 0 Å². The molecule has 0 spiro atoms. The Morgan fingerprint density at radius 3 is 2.30 bits per heavy atom. The monoisotopic (exact) mass is 342 g/mol. The van der Waals surface area contributed by atoms with E-state index in [-0.39, 0.29) is 10.5 Å². The molecule has 0 aliphatic rings. The summed E-state index contributed by atoms with van der Waals surface area (Å²) >= 11 is 0. The Morgan fingerprint density at radius 2 is 1.83 bits per heavy atom. The number of sulfonamides is 1. The van der Waals surface area contributed by atoms with E-state index < -0.39 is 28.0 Å². The molecular weight excluding hydrogens is 320 g/mol. The third-order valence-electron chi connectivity index (χ3n) is 3.43. The van der Waals surface area contributed by atoms with E-state index in [1.165, 1.54) is 29.4 Å². The smallest absolute Gasteiger partial charge is 0.338 e. The fourth-order valence-corrected chi connectivity index (χ4v) is 3.70. The van der Waals surface area contributed by atoms with Crippen molar-refractivity contribution >= 4 is 21.9 Å². The summed E-state index contributed by atoms with van der Waals surface area (Å²) in [7, 11) is -3.70. The van der Waals surface area contributed by atoms with Crippen LogP contribution in [0, 0.1) is 6.92 Å². The summed E-state index contributed by atoms with van der Waals surface area (Å²) < 4.78 is 31.4. The minimum atomic E-state index is -3.70. The highest BCUT2D eigenvalue weighted by Crippen LogP contribution is 2.22. The van der Waals surface area contributed by atoms with Crippen molar-refractivity contribution in [2.75, 3.05) is 13.1 Å². The highest BCUT2D eigenvalue weighted by molar-refractivity contribution is 7.89. The Hall–Kier alpha value is -1.93. The van der Waals surface area contributed by atoms with Crippen molar-refractivity contribution in [1.29, 1.82) is 0 Å². The average molecular weight is 342 g/mol. The lowest BCUT2D eigenvalue weighted by Crippen LogP contribution is -2.32. The topological polar surface area (TPSA) is 107 Å². The summed E-state index contributed by atoms with van der Waals surface area (Å²) in [5.74, 6) is -1.58. The second-order valence-electron chi connectivity index (χ2n) is 5.02. The maximum absolute atomic E-state index is 12.6. The molecule has 0 aliphatic carbocycles. The molecule has 1 aromatic rings. The van der Waals surface area contributed by atoms with Gasteiger partial charge in [0, 0.05) is 13.1 Å². The van der Waals surface area contributed by atoms with Crippen LogP contribution >= 0.6 is 0 Å². The van der Waals surface area contributed by atoms with Gasteiger partial charge in [-0.2, -0.15) is 4.31 Å². The molecule has 1 rings (SSSR count). The molecule has 0 aliphatic heterocycles. The summed E-state index contributed by atoms with van der Waals surface area (Å²) in [4.78, 5) is 23.0. The van der Waals surface area contributed by atoms with Gasteiger partial charge in [-0.1, -0.05) is 19.9 Å². The molecule has 23 heavy (non-hydrogen) atoms. The van der Waals surface area contributed by atoms with Gasteiger partial charge in [-0.15, -0.1) is 0 Å². The fourth-order valence-electron chi connectivity index (χ4n) is 1.99. The zero-order chi connectivity index (χ0) is 17.8. The van der Waals surface area contributed by atoms with Gasteiger partial charge in [0.15, 0.2) is 6.10 Å². The van der Waals surface area contributed by atoms with Gasteiger partial charge in [0.05, 0.1) is 10.5 Å². The van der Waals surface area contributed by atoms with Crippen LogP contribution in [0.25, 0.3) is 0 Å². The van der Waals surface area contributed by atoms with E-state index in [0.717, 1.165) is 0 Å². The molecule has 0 saturated carbocycles. The minimum Gasteiger partial charge on any atom is -0.449 e. The van der Waals surface area contributed by atoms with Crippen molar-refractivity contribution in [1.82, 2.24) is 4.31 Å². The summed E-state index contributed by atoms with van der Waals surface area (Å²) in [6, 6.07) is 4.24. The van der Waals surface area contributed by atoms with Gasteiger partial charge >= 0.3 is 5.97 Å². The predicted molar refractivity (Wildman–Crippen MR) is 85.4 cm³/mol. The lowest BCUT2D eigenvalue weighted by Gasteiger charge is -2.20. The fraction of sp³-hybridized carbons (Fsp3) is 0.467. The summed E-state index contributed by atoms with van der Waals surface area (Å²) in [6.07, 6.45) is -1.09. The molecule has 0 heterocycles. The van der Waals surface area contributed by atoms with E-state index in [1.54, 1.807) is 20.8 Å². The molecule has 8 heteroatoms. The Bertz CT molecular complexity index is 696. The van der Waals surface area contributed by atoms with E-state index in [0.29, 0.717) is 18.7 Å². The zero-order valence-corrected chi connectivity index (χ0v) is 14.5. The number of benzene rings is 1. The number of ether oxygens (including phenoxy) is 1. The molecule has 7 nitrogen and oxygen atoms in total. The number of rotatable bonds is 7. The first-order valence-electron chi connectivity index (χ1n) is 7.26. The third-order valence-corrected chi connectivity index (χ3v) is 5.62. The number of amides is 1. The lowest BCUT2D eigenvalue weighted by molar-refractivity contribution is -0.125. The summed E-state index contributed by atoms with van der Waals surface area (Å²) in [6.45, 7) is 7.13. The van der Waals surface area contributed by atoms with Gasteiger partial charge in [0.1, 0.15) is 0 Å². The van der Waals surface area contributed by atoms with Gasteiger partial charge in [-0.25, -0.2) is 13.2 Å². The molecule has 1 aromatic carbocycles. The molecule has 128 valence electrons. The third kappa shape index (κ3) is 4.29. The number of carbonyl (C=O) groups excluding carboxylic acids is 2. The van der Waals surface area contributed by atoms with E-state index in [2.05, 4.69) is 0 Å². The Morgan fingerprint density at radius 1 is 1.26 bits per heavy atom. The van der Waals surface area contributed by atoms with Crippen molar-refractivity contribution in [3.8, 4) is 0 Å². The first-order valence-corrected chi connectivity index (χ1v) is 8.70. The second-order valence-corrected chi connectivity index (χ2v) is 6.93. The quantitative estimate of drug-likeness (QED) is 0.746. The van der Waals surface area contributed by atoms with Crippen molar-refractivity contribution < 1.29 is 22.7 Å². The molecule has 2 N–H and O–H groups in total. The number of carbonyl (C=O) groups is 2. The SMILES string of the molecule is CCN(CC)S(=O)(=O)c1cc(C(=O)OC(C)C(N)=O)ccc1C. The van der Waals surface area contributed by atoms with Crippen molar-refractivity contribution in [2.24, 2.45) is 5.73 Å². The molecule has 0 saturated heterocycles. The Labute approximate surface area is 136 Å². The highest BCUT2D eigenvalue weighted by Gasteiger charge is 2.25. The van der Waals surface area contributed by atoms with Crippen LogP contribution in [0.1, 0.15) is 36.7 Å². The second kappa shape index (κ2) is 7.56. The predicted octanol–water partition coefficient (Wildman–Crippen LogP) is 1.06. The van der Waals surface area contributed by atoms with Crippen LogP contribution in [0.2, 0.25) is 0 Å². The van der Waals surface area contributed by atoms with Gasteiger partial charge in [0.2, 0.25) is 10.0 Å². The van der Waals surface area contributed by atoms with Crippen LogP contribution in [-0.4, -0.2) is 43.8 Å². The number of hydrogen-bond donors (Lipinski definition) is 1. The van der Waals surface area contributed by atoms with Gasteiger partial charge in [-0.3, -0.25) is 4.79 Å². The molecule has 0 bridgehead atoms. The standard InChI is InChI=1S/C15H22N2O5S/c1-5-17(6-2)23(20,21)13-9-12(8-7-10(13)3)15(19)22-11(4)14(16)18/h7-9,11H,5-6H2,1-4H3,(H2,16,18). The number of esters is 1. The summed E-state index contributed by atoms with van der Waals surface area (Å²) in [5.41, 5.74) is 5.62. The van der Waals surface area contributed by atoms with E-state index in [9.17, 15) is 18.0 Å². The lowest BCUT2D eigenvalue weighted by atomic mass is 10.1. The van der Waals surface area contributed by atoms with Crippen LogP contribution in [-0.2, 0) is 19.6 Å².